The van der Waals surface area contributed by atoms with Gasteiger partial charge in [-0.25, -0.2) is 15.2 Å². The van der Waals surface area contributed by atoms with E-state index in [-0.39, 0.29) is 6.42 Å². The molecule has 0 aliphatic carbocycles. The number of nitrogens with one attached hydrogen (secondary N) is 3. The second-order valence-corrected chi connectivity index (χ2v) is 7.77. The van der Waals surface area contributed by atoms with Crippen molar-refractivity contribution in [3.8, 4) is 0 Å². The summed E-state index contributed by atoms with van der Waals surface area (Å²) in [7, 11) is 3.72. The van der Waals surface area contributed by atoms with Crippen LogP contribution < -0.4 is 21.1 Å². The van der Waals surface area contributed by atoms with Crippen LogP contribution in [0.2, 0.25) is 0 Å². The van der Waals surface area contributed by atoms with E-state index in [1.165, 1.54) is 6.20 Å². The van der Waals surface area contributed by atoms with Crippen molar-refractivity contribution < 1.29 is 14.7 Å². The lowest BCUT2D eigenvalue weighted by Crippen LogP contribution is -2.42. The number of anilines is 1. The van der Waals surface area contributed by atoms with Crippen molar-refractivity contribution in [3.05, 3.63) is 72.1 Å². The van der Waals surface area contributed by atoms with Crippen molar-refractivity contribution >= 4 is 17.8 Å². The second kappa shape index (κ2) is 12.4. The Balaban J connectivity index is 1.42. The molecule has 3 rings (SSSR count). The van der Waals surface area contributed by atoms with Gasteiger partial charge in [-0.05, 0) is 37.1 Å². The third kappa shape index (κ3) is 7.36. The van der Waals surface area contributed by atoms with Gasteiger partial charge < -0.3 is 20.3 Å². The van der Waals surface area contributed by atoms with E-state index in [1.54, 1.807) is 29.5 Å². The molecule has 0 spiro atoms. The number of pyridine rings is 2. The smallest absolute Gasteiger partial charge is 0.326 e. The summed E-state index contributed by atoms with van der Waals surface area (Å²) in [5, 5.41) is 17.1. The summed E-state index contributed by atoms with van der Waals surface area (Å²) >= 11 is 0. The SMILES string of the molecule is CN(NCCC[C@H](NC(=O)c1ccc(CNCc2ccccn2)nc1)C(=O)O)c1nccn1C. The summed E-state index contributed by atoms with van der Waals surface area (Å²) < 4.78 is 1.86. The molecule has 0 aliphatic rings. The molecule has 180 valence electrons. The van der Waals surface area contributed by atoms with E-state index in [0.717, 1.165) is 17.3 Å². The number of imidazole rings is 1. The molecule has 0 unspecified atom stereocenters. The topological polar surface area (TPSA) is 137 Å². The summed E-state index contributed by atoms with van der Waals surface area (Å²) in [6, 6.07) is 8.12. The van der Waals surface area contributed by atoms with Gasteiger partial charge in [-0.3, -0.25) is 19.8 Å². The first-order valence-corrected chi connectivity index (χ1v) is 11.0. The van der Waals surface area contributed by atoms with E-state index in [2.05, 4.69) is 31.0 Å². The molecule has 34 heavy (non-hydrogen) atoms. The largest absolute Gasteiger partial charge is 0.480 e. The van der Waals surface area contributed by atoms with Gasteiger partial charge in [-0.2, -0.15) is 0 Å². The van der Waals surface area contributed by atoms with Crippen LogP contribution in [-0.4, -0.2) is 56.1 Å². The zero-order valence-electron chi connectivity index (χ0n) is 19.3. The number of nitrogens with zero attached hydrogens (tertiary/aromatic N) is 5. The van der Waals surface area contributed by atoms with E-state index in [0.29, 0.717) is 31.6 Å². The maximum atomic E-state index is 12.5. The molecule has 1 atom stereocenters. The van der Waals surface area contributed by atoms with E-state index in [9.17, 15) is 14.7 Å². The Kier molecular flexibility index (Phi) is 9.06. The highest BCUT2D eigenvalue weighted by Gasteiger charge is 2.20. The van der Waals surface area contributed by atoms with Crippen LogP contribution >= 0.6 is 0 Å². The Morgan fingerprint density at radius 2 is 1.88 bits per heavy atom. The van der Waals surface area contributed by atoms with Crippen molar-refractivity contribution in [1.82, 2.24) is 35.6 Å². The summed E-state index contributed by atoms with van der Waals surface area (Å²) in [6.07, 6.45) is 7.56. The average Bonchev–Trinajstić information content (AvgIpc) is 3.27. The average molecular weight is 467 g/mol. The van der Waals surface area contributed by atoms with Crippen LogP contribution in [0.25, 0.3) is 0 Å². The molecule has 0 saturated heterocycles. The number of carboxylic acids is 1. The van der Waals surface area contributed by atoms with Crippen LogP contribution in [0.1, 0.15) is 34.6 Å². The predicted octanol–water partition coefficient (Wildman–Crippen LogP) is 1.10. The van der Waals surface area contributed by atoms with Crippen molar-refractivity contribution in [2.45, 2.75) is 32.0 Å². The first kappa shape index (κ1) is 24.8. The zero-order valence-corrected chi connectivity index (χ0v) is 19.3. The highest BCUT2D eigenvalue weighted by Crippen LogP contribution is 2.06. The highest BCUT2D eigenvalue weighted by atomic mass is 16.4. The molecule has 0 aliphatic heterocycles. The summed E-state index contributed by atoms with van der Waals surface area (Å²) in [5.74, 6) is -0.800. The number of aromatic nitrogens is 4. The van der Waals surface area contributed by atoms with Gasteiger partial charge in [0.05, 0.1) is 17.0 Å². The van der Waals surface area contributed by atoms with Gasteiger partial charge in [0.2, 0.25) is 5.95 Å². The van der Waals surface area contributed by atoms with E-state index < -0.39 is 17.9 Å². The number of aliphatic carboxylic acids is 1. The number of carbonyl (C=O) groups excluding carboxylic acids is 1. The normalized spacial score (nSPS) is 11.7. The number of hydrazine groups is 1. The van der Waals surface area contributed by atoms with Crippen molar-refractivity contribution in [3.63, 3.8) is 0 Å². The maximum Gasteiger partial charge on any atom is 0.326 e. The van der Waals surface area contributed by atoms with Crippen molar-refractivity contribution in [2.75, 3.05) is 18.6 Å². The molecule has 11 nitrogen and oxygen atoms in total. The molecule has 3 heterocycles. The van der Waals surface area contributed by atoms with Gasteiger partial charge in [-0.1, -0.05) is 6.07 Å². The number of aryl methyl sites for hydroxylation is 1. The van der Waals surface area contributed by atoms with E-state index in [4.69, 9.17) is 0 Å². The first-order chi connectivity index (χ1) is 16.4. The van der Waals surface area contributed by atoms with E-state index >= 15 is 0 Å². The third-order valence-electron chi connectivity index (χ3n) is 5.14. The number of carbonyl (C=O) groups is 2. The molecule has 0 aromatic carbocycles. The maximum absolute atomic E-state index is 12.5. The van der Waals surface area contributed by atoms with Crippen molar-refractivity contribution in [2.24, 2.45) is 7.05 Å². The molecule has 0 fully saturated rings. The second-order valence-electron chi connectivity index (χ2n) is 7.77. The van der Waals surface area contributed by atoms with Crippen LogP contribution in [-0.2, 0) is 24.9 Å². The number of amides is 1. The zero-order chi connectivity index (χ0) is 24.3. The van der Waals surface area contributed by atoms with Crippen LogP contribution in [0, 0.1) is 0 Å². The lowest BCUT2D eigenvalue weighted by atomic mass is 10.1. The molecular formula is C23H30N8O3. The standard InChI is InChI=1S/C23H30N8O3/c1-30-13-12-26-23(30)31(2)28-11-5-7-20(22(33)34)29-21(32)17-8-9-19(27-14-17)16-24-15-18-6-3-4-10-25-18/h3-4,6,8-10,12-14,20,24,28H,5,7,11,15-16H2,1-2H3,(H,29,32)(H,33,34)/t20-/m0/s1. The third-order valence-corrected chi connectivity index (χ3v) is 5.14. The minimum absolute atomic E-state index is 0.283. The number of hydrogen-bond donors (Lipinski definition) is 4. The van der Waals surface area contributed by atoms with Crippen LogP contribution in [0.15, 0.2) is 55.1 Å². The predicted molar refractivity (Wildman–Crippen MR) is 127 cm³/mol. The Morgan fingerprint density at radius 3 is 2.50 bits per heavy atom. The Bertz CT molecular complexity index is 1060. The van der Waals surface area contributed by atoms with Gasteiger partial charge in [-0.15, -0.1) is 0 Å². The van der Waals surface area contributed by atoms with Crippen LogP contribution in [0.5, 0.6) is 0 Å². The number of carboxylic acid groups (broad SMARTS) is 1. The first-order valence-electron chi connectivity index (χ1n) is 11.0. The molecular weight excluding hydrogens is 436 g/mol. The Morgan fingerprint density at radius 1 is 1.09 bits per heavy atom. The minimum atomic E-state index is -1.07. The molecule has 0 radical (unpaired) electrons. The van der Waals surface area contributed by atoms with Crippen LogP contribution in [0.3, 0.4) is 0 Å². The summed E-state index contributed by atoms with van der Waals surface area (Å²) in [6.45, 7) is 1.66. The van der Waals surface area contributed by atoms with Gasteiger partial charge in [0.15, 0.2) is 0 Å². The fourth-order valence-corrected chi connectivity index (χ4v) is 3.29. The monoisotopic (exact) mass is 466 g/mol. The van der Waals surface area contributed by atoms with Gasteiger partial charge in [0.25, 0.3) is 5.91 Å². The summed E-state index contributed by atoms with van der Waals surface area (Å²) in [4.78, 5) is 36.9. The fraction of sp³-hybridized carbons (Fsp3) is 0.348. The Hall–Kier alpha value is -3.83. The number of hydrogen-bond acceptors (Lipinski definition) is 8. The molecule has 3 aromatic heterocycles. The lowest BCUT2D eigenvalue weighted by Gasteiger charge is -2.20. The molecule has 11 heteroatoms. The summed E-state index contributed by atoms with van der Waals surface area (Å²) in [5.41, 5.74) is 5.17. The fourth-order valence-electron chi connectivity index (χ4n) is 3.29. The quantitative estimate of drug-likeness (QED) is 0.216. The van der Waals surface area contributed by atoms with Gasteiger partial charge in [0.1, 0.15) is 6.04 Å². The van der Waals surface area contributed by atoms with Gasteiger partial charge >= 0.3 is 5.97 Å². The molecule has 0 bridgehead atoms. The molecule has 1 amide bonds. The van der Waals surface area contributed by atoms with Crippen LogP contribution in [0.4, 0.5) is 5.95 Å². The lowest BCUT2D eigenvalue weighted by molar-refractivity contribution is -0.139. The molecule has 3 aromatic rings. The highest BCUT2D eigenvalue weighted by molar-refractivity contribution is 5.96. The van der Waals surface area contributed by atoms with Gasteiger partial charge in [0, 0.05) is 58.5 Å². The molecule has 0 saturated carbocycles. The Labute approximate surface area is 198 Å². The van der Waals surface area contributed by atoms with E-state index in [1.807, 2.05) is 43.1 Å². The van der Waals surface area contributed by atoms with Crippen molar-refractivity contribution in [1.29, 1.82) is 0 Å². The minimum Gasteiger partial charge on any atom is -0.480 e. The number of rotatable bonds is 13. The molecule has 4 N–H and O–H groups in total.